The molecule has 0 aromatic heterocycles. The van der Waals surface area contributed by atoms with Crippen molar-refractivity contribution in [1.29, 1.82) is 0 Å². The predicted molar refractivity (Wildman–Crippen MR) is 127 cm³/mol. The lowest BCUT2D eigenvalue weighted by molar-refractivity contribution is -0.0190. The highest BCUT2D eigenvalue weighted by Gasteiger charge is 2.41. The molecule has 4 nitrogen and oxygen atoms in total. The summed E-state index contributed by atoms with van der Waals surface area (Å²) in [6.45, 7) is 4.42. The molecular weight excluding hydrogens is 452 g/mol. The summed E-state index contributed by atoms with van der Waals surface area (Å²) < 4.78 is 12.8. The molecule has 31 heavy (non-hydrogen) atoms. The fourth-order valence-corrected chi connectivity index (χ4v) is 4.66. The standard InChI is InChI=1S/C26H25BrN2O2/c1-16(2)17-4-6-19(7-5-17)26-29-24(22-14-20(27)10-13-25(22)31-26)15-23(28-29)18-8-11-21(30-3)12-9-18/h4-14,16,24,26H,15H2,1-3H3. The van der Waals surface area contributed by atoms with Gasteiger partial charge in [-0.05, 0) is 59.5 Å². The van der Waals surface area contributed by atoms with E-state index in [0.717, 1.165) is 44.8 Å². The smallest absolute Gasteiger partial charge is 0.213 e. The van der Waals surface area contributed by atoms with Gasteiger partial charge in [-0.1, -0.05) is 54.0 Å². The average molecular weight is 477 g/mol. The Bertz CT molecular complexity index is 1120. The average Bonchev–Trinajstić information content (AvgIpc) is 3.24. The van der Waals surface area contributed by atoms with Gasteiger partial charge in [-0.15, -0.1) is 0 Å². The van der Waals surface area contributed by atoms with E-state index in [2.05, 4.69) is 83.3 Å². The van der Waals surface area contributed by atoms with Gasteiger partial charge in [-0.25, -0.2) is 5.01 Å². The van der Waals surface area contributed by atoms with Gasteiger partial charge in [0.25, 0.3) is 0 Å². The lowest BCUT2D eigenvalue weighted by Crippen LogP contribution is -2.33. The molecule has 0 saturated carbocycles. The number of rotatable bonds is 4. The molecule has 0 saturated heterocycles. The molecule has 0 aliphatic carbocycles. The van der Waals surface area contributed by atoms with Gasteiger partial charge in [0.05, 0.1) is 18.9 Å². The lowest BCUT2D eigenvalue weighted by Gasteiger charge is -2.38. The van der Waals surface area contributed by atoms with Crippen LogP contribution >= 0.6 is 15.9 Å². The summed E-state index contributed by atoms with van der Waals surface area (Å²) in [6.07, 6.45) is 0.579. The number of halogens is 1. The van der Waals surface area contributed by atoms with Gasteiger partial charge in [0.1, 0.15) is 11.5 Å². The van der Waals surface area contributed by atoms with Crippen LogP contribution in [0.5, 0.6) is 11.5 Å². The molecular formula is C26H25BrN2O2. The number of nitrogens with zero attached hydrogens (tertiary/aromatic N) is 2. The number of ether oxygens (including phenoxy) is 2. The molecule has 2 unspecified atom stereocenters. The molecule has 158 valence electrons. The van der Waals surface area contributed by atoms with Gasteiger partial charge in [0.15, 0.2) is 0 Å². The van der Waals surface area contributed by atoms with E-state index in [1.807, 2.05) is 18.2 Å². The number of hydrogen-bond donors (Lipinski definition) is 0. The molecule has 2 atom stereocenters. The fourth-order valence-electron chi connectivity index (χ4n) is 4.28. The maximum atomic E-state index is 6.49. The monoisotopic (exact) mass is 476 g/mol. The molecule has 0 N–H and O–H groups in total. The molecule has 5 rings (SSSR count). The van der Waals surface area contributed by atoms with E-state index in [9.17, 15) is 0 Å². The molecule has 3 aromatic rings. The maximum Gasteiger partial charge on any atom is 0.213 e. The number of benzene rings is 3. The van der Waals surface area contributed by atoms with Gasteiger partial charge in [0, 0.05) is 22.0 Å². The van der Waals surface area contributed by atoms with Crippen LogP contribution < -0.4 is 9.47 Å². The third kappa shape index (κ3) is 3.72. The first kappa shape index (κ1) is 20.1. The van der Waals surface area contributed by atoms with E-state index in [1.54, 1.807) is 7.11 Å². The molecule has 5 heteroatoms. The van der Waals surface area contributed by atoms with E-state index in [1.165, 1.54) is 5.56 Å². The van der Waals surface area contributed by atoms with Gasteiger partial charge >= 0.3 is 0 Å². The molecule has 0 fully saturated rings. The third-order valence-corrected chi connectivity index (χ3v) is 6.56. The second kappa shape index (κ2) is 8.04. The number of methoxy groups -OCH3 is 1. The lowest BCUT2D eigenvalue weighted by atomic mass is 9.95. The number of hydrazone groups is 1. The Morgan fingerprint density at radius 3 is 2.45 bits per heavy atom. The highest BCUT2D eigenvalue weighted by atomic mass is 79.9. The Balaban J connectivity index is 1.55. The molecule has 0 bridgehead atoms. The summed E-state index contributed by atoms with van der Waals surface area (Å²) in [5, 5.41) is 7.17. The molecule has 0 radical (unpaired) electrons. The van der Waals surface area contributed by atoms with Crippen LogP contribution in [-0.4, -0.2) is 17.8 Å². The predicted octanol–water partition coefficient (Wildman–Crippen LogP) is 6.82. The van der Waals surface area contributed by atoms with Crippen molar-refractivity contribution >= 4 is 21.6 Å². The van der Waals surface area contributed by atoms with Crippen molar-refractivity contribution in [2.45, 2.75) is 38.5 Å². The zero-order valence-corrected chi connectivity index (χ0v) is 19.5. The fraction of sp³-hybridized carbons (Fsp3) is 0.269. The summed E-state index contributed by atoms with van der Waals surface area (Å²) in [4.78, 5) is 0. The number of fused-ring (bicyclic) bond motifs is 3. The van der Waals surface area contributed by atoms with E-state index >= 15 is 0 Å². The Hall–Kier alpha value is -2.79. The highest BCUT2D eigenvalue weighted by Crippen LogP contribution is 2.48. The topological polar surface area (TPSA) is 34.1 Å². The van der Waals surface area contributed by atoms with Crippen molar-refractivity contribution in [2.24, 2.45) is 5.10 Å². The van der Waals surface area contributed by atoms with Crippen molar-refractivity contribution in [3.63, 3.8) is 0 Å². The Morgan fingerprint density at radius 1 is 1.03 bits per heavy atom. The first-order valence-electron chi connectivity index (χ1n) is 10.6. The Labute approximate surface area is 191 Å². The normalized spacial score (nSPS) is 19.5. The first-order valence-corrected chi connectivity index (χ1v) is 11.4. The van der Waals surface area contributed by atoms with Crippen molar-refractivity contribution in [3.05, 3.63) is 93.5 Å². The molecule has 0 amide bonds. The maximum absolute atomic E-state index is 6.49. The summed E-state index contributed by atoms with van der Waals surface area (Å²) in [6, 6.07) is 23.2. The zero-order chi connectivity index (χ0) is 21.5. The molecule has 2 aliphatic rings. The summed E-state index contributed by atoms with van der Waals surface area (Å²) >= 11 is 3.62. The molecule has 2 heterocycles. The molecule has 0 spiro atoms. The van der Waals surface area contributed by atoms with E-state index in [-0.39, 0.29) is 12.3 Å². The number of hydrogen-bond acceptors (Lipinski definition) is 4. The summed E-state index contributed by atoms with van der Waals surface area (Å²) in [7, 11) is 1.68. The van der Waals surface area contributed by atoms with Crippen LogP contribution in [0.15, 0.2) is 76.3 Å². The quantitative estimate of drug-likeness (QED) is 0.413. The van der Waals surface area contributed by atoms with Gasteiger partial charge in [-0.2, -0.15) is 5.10 Å². The minimum atomic E-state index is -0.254. The van der Waals surface area contributed by atoms with Crippen LogP contribution in [0, 0.1) is 0 Å². The van der Waals surface area contributed by atoms with Crippen LogP contribution in [0.3, 0.4) is 0 Å². The Kier molecular flexibility index (Phi) is 5.22. The van der Waals surface area contributed by atoms with Crippen LogP contribution in [0.2, 0.25) is 0 Å². The van der Waals surface area contributed by atoms with E-state index in [4.69, 9.17) is 14.6 Å². The second-order valence-corrected chi connectivity index (χ2v) is 9.26. The van der Waals surface area contributed by atoms with Crippen LogP contribution in [-0.2, 0) is 0 Å². The summed E-state index contributed by atoms with van der Waals surface area (Å²) in [5.41, 5.74) is 5.78. The van der Waals surface area contributed by atoms with E-state index in [0.29, 0.717) is 5.92 Å². The van der Waals surface area contributed by atoms with Crippen LogP contribution in [0.25, 0.3) is 0 Å². The van der Waals surface area contributed by atoms with Gasteiger partial charge in [-0.3, -0.25) is 0 Å². The SMILES string of the molecule is COc1ccc(C2=NN3C(C2)c2cc(Br)ccc2OC3c2ccc(C(C)C)cc2)cc1. The second-order valence-electron chi connectivity index (χ2n) is 8.35. The van der Waals surface area contributed by atoms with Crippen molar-refractivity contribution in [1.82, 2.24) is 5.01 Å². The van der Waals surface area contributed by atoms with Gasteiger partial charge in [0.2, 0.25) is 6.23 Å². The largest absolute Gasteiger partial charge is 0.497 e. The third-order valence-electron chi connectivity index (χ3n) is 6.06. The van der Waals surface area contributed by atoms with Crippen LogP contribution in [0.1, 0.15) is 60.7 Å². The van der Waals surface area contributed by atoms with Crippen molar-refractivity contribution in [3.8, 4) is 11.5 Å². The first-order chi connectivity index (χ1) is 15.0. The van der Waals surface area contributed by atoms with Crippen molar-refractivity contribution in [2.75, 3.05) is 7.11 Å². The highest BCUT2D eigenvalue weighted by molar-refractivity contribution is 9.10. The van der Waals surface area contributed by atoms with Crippen molar-refractivity contribution < 1.29 is 9.47 Å². The summed E-state index contributed by atoms with van der Waals surface area (Å²) in [5.74, 6) is 2.27. The van der Waals surface area contributed by atoms with Gasteiger partial charge < -0.3 is 9.47 Å². The zero-order valence-electron chi connectivity index (χ0n) is 17.9. The Morgan fingerprint density at radius 2 is 1.77 bits per heavy atom. The molecule has 3 aromatic carbocycles. The molecule has 2 aliphatic heterocycles. The van der Waals surface area contributed by atoms with E-state index < -0.39 is 0 Å². The minimum absolute atomic E-state index is 0.133. The minimum Gasteiger partial charge on any atom is -0.497 e. The van der Waals surface area contributed by atoms with Crippen LogP contribution in [0.4, 0.5) is 0 Å².